The van der Waals surface area contributed by atoms with E-state index in [4.69, 9.17) is 4.74 Å². The molecule has 4 rings (SSSR count). The van der Waals surface area contributed by atoms with Gasteiger partial charge in [0.15, 0.2) is 0 Å². The number of amides is 1. The summed E-state index contributed by atoms with van der Waals surface area (Å²) in [6.45, 7) is 2.94. The smallest absolute Gasteiger partial charge is 0.272 e. The molecule has 0 saturated carbocycles. The number of ether oxygens (including phenoxy) is 1. The summed E-state index contributed by atoms with van der Waals surface area (Å²) in [5.74, 6) is 0.569. The molecule has 2 aromatic carbocycles. The van der Waals surface area contributed by atoms with Gasteiger partial charge in [0.25, 0.3) is 5.91 Å². The Balaban J connectivity index is 1.29. The van der Waals surface area contributed by atoms with Crippen LogP contribution in [0.1, 0.15) is 28.9 Å². The summed E-state index contributed by atoms with van der Waals surface area (Å²) in [6.07, 6.45) is 1.95. The summed E-state index contributed by atoms with van der Waals surface area (Å²) in [7, 11) is 1.84. The first-order valence-corrected chi connectivity index (χ1v) is 10.2. The van der Waals surface area contributed by atoms with E-state index >= 15 is 0 Å². The largest absolute Gasteiger partial charge is 0.376 e. The molecule has 1 aliphatic heterocycles. The highest BCUT2D eigenvalue weighted by Crippen LogP contribution is 2.22. The van der Waals surface area contributed by atoms with E-state index in [2.05, 4.69) is 17.2 Å². The van der Waals surface area contributed by atoms with Crippen molar-refractivity contribution < 1.29 is 9.53 Å². The molecule has 0 atom stereocenters. The van der Waals surface area contributed by atoms with Gasteiger partial charge in [0.1, 0.15) is 5.69 Å². The van der Waals surface area contributed by atoms with Crippen LogP contribution in [0.4, 0.5) is 0 Å². The summed E-state index contributed by atoms with van der Waals surface area (Å²) >= 11 is 0. The standard InChI is InChI=1S/C24H27N3O2/c1-26-23(16-22(25-26)21-10-6-3-7-11-21)24(28)27-14-12-20(13-15-27)18-29-17-19-8-4-2-5-9-19/h2-11,16,20H,12-15,17-18H2,1H3. The average Bonchev–Trinajstić information content (AvgIpc) is 3.17. The predicted molar refractivity (Wildman–Crippen MR) is 113 cm³/mol. The molecule has 29 heavy (non-hydrogen) atoms. The van der Waals surface area contributed by atoms with Crippen LogP contribution in [0.25, 0.3) is 11.3 Å². The summed E-state index contributed by atoms with van der Waals surface area (Å²) in [5, 5.41) is 4.53. The van der Waals surface area contributed by atoms with Gasteiger partial charge in [-0.25, -0.2) is 0 Å². The maximum atomic E-state index is 13.0. The number of carbonyl (C=O) groups is 1. The number of likely N-dealkylation sites (tertiary alicyclic amines) is 1. The van der Waals surface area contributed by atoms with Crippen LogP contribution in [-0.2, 0) is 18.4 Å². The lowest BCUT2D eigenvalue weighted by molar-refractivity contribution is 0.0472. The van der Waals surface area contributed by atoms with Crippen molar-refractivity contribution in [2.75, 3.05) is 19.7 Å². The third kappa shape index (κ3) is 4.74. The van der Waals surface area contributed by atoms with Crippen LogP contribution in [0.5, 0.6) is 0 Å². The summed E-state index contributed by atoms with van der Waals surface area (Å²) in [5.41, 5.74) is 3.70. The van der Waals surface area contributed by atoms with Crippen molar-refractivity contribution in [1.29, 1.82) is 0 Å². The highest BCUT2D eigenvalue weighted by atomic mass is 16.5. The number of hydrogen-bond donors (Lipinski definition) is 0. The molecule has 1 fully saturated rings. The molecule has 0 aliphatic carbocycles. The van der Waals surface area contributed by atoms with Gasteiger partial charge in [0, 0.05) is 32.3 Å². The van der Waals surface area contributed by atoms with Crippen LogP contribution >= 0.6 is 0 Å². The van der Waals surface area contributed by atoms with Crippen molar-refractivity contribution >= 4 is 5.91 Å². The average molecular weight is 389 g/mol. The van der Waals surface area contributed by atoms with Gasteiger partial charge in [-0.2, -0.15) is 5.10 Å². The summed E-state index contributed by atoms with van der Waals surface area (Å²) < 4.78 is 7.59. The first kappa shape index (κ1) is 19.4. The molecule has 5 nitrogen and oxygen atoms in total. The third-order valence-corrected chi connectivity index (χ3v) is 5.54. The van der Waals surface area contributed by atoms with Crippen LogP contribution in [0.2, 0.25) is 0 Å². The van der Waals surface area contributed by atoms with E-state index in [0.717, 1.165) is 43.8 Å². The van der Waals surface area contributed by atoms with E-state index in [0.29, 0.717) is 18.2 Å². The molecule has 0 unspecified atom stereocenters. The van der Waals surface area contributed by atoms with Gasteiger partial charge in [-0.15, -0.1) is 0 Å². The number of aromatic nitrogens is 2. The number of hydrogen-bond acceptors (Lipinski definition) is 3. The maximum absolute atomic E-state index is 13.0. The van der Waals surface area contributed by atoms with Crippen LogP contribution in [-0.4, -0.2) is 40.3 Å². The Hall–Kier alpha value is -2.92. The molecule has 0 spiro atoms. The van der Waals surface area contributed by atoms with Crippen molar-refractivity contribution in [3.8, 4) is 11.3 Å². The van der Waals surface area contributed by atoms with Crippen LogP contribution < -0.4 is 0 Å². The molecule has 2 heterocycles. The normalized spacial score (nSPS) is 14.9. The van der Waals surface area contributed by atoms with E-state index in [9.17, 15) is 4.79 Å². The molecule has 0 radical (unpaired) electrons. The Morgan fingerprint density at radius 1 is 1.03 bits per heavy atom. The molecule has 3 aromatic rings. The van der Waals surface area contributed by atoms with Crippen molar-refractivity contribution in [1.82, 2.24) is 14.7 Å². The predicted octanol–water partition coefficient (Wildman–Crippen LogP) is 4.16. The van der Waals surface area contributed by atoms with Crippen molar-refractivity contribution in [3.63, 3.8) is 0 Å². The second kappa shape index (κ2) is 9.05. The monoisotopic (exact) mass is 389 g/mol. The minimum atomic E-state index is 0.0610. The van der Waals surface area contributed by atoms with E-state index in [-0.39, 0.29) is 5.91 Å². The quantitative estimate of drug-likeness (QED) is 0.636. The minimum absolute atomic E-state index is 0.0610. The van der Waals surface area contributed by atoms with Gasteiger partial charge >= 0.3 is 0 Å². The van der Waals surface area contributed by atoms with Crippen molar-refractivity contribution in [3.05, 3.63) is 78.0 Å². The minimum Gasteiger partial charge on any atom is -0.376 e. The van der Waals surface area contributed by atoms with Crippen LogP contribution in [0.3, 0.4) is 0 Å². The molecule has 5 heteroatoms. The highest BCUT2D eigenvalue weighted by molar-refractivity contribution is 5.93. The SMILES string of the molecule is Cn1nc(-c2ccccc2)cc1C(=O)N1CCC(COCc2ccccc2)CC1. The van der Waals surface area contributed by atoms with E-state index in [1.165, 1.54) is 5.56 Å². The molecule has 1 saturated heterocycles. The van der Waals surface area contributed by atoms with Gasteiger partial charge in [0.2, 0.25) is 0 Å². The van der Waals surface area contributed by atoms with Gasteiger partial charge < -0.3 is 9.64 Å². The van der Waals surface area contributed by atoms with E-state index in [1.807, 2.05) is 66.5 Å². The number of benzene rings is 2. The molecule has 1 amide bonds. The number of aryl methyl sites for hydroxylation is 1. The fourth-order valence-electron chi connectivity index (χ4n) is 3.80. The second-order valence-corrected chi connectivity index (χ2v) is 7.64. The zero-order chi connectivity index (χ0) is 20.1. The molecular weight excluding hydrogens is 362 g/mol. The Morgan fingerprint density at radius 3 is 2.38 bits per heavy atom. The maximum Gasteiger partial charge on any atom is 0.272 e. The summed E-state index contributed by atoms with van der Waals surface area (Å²) in [4.78, 5) is 14.9. The molecule has 1 aliphatic rings. The molecule has 150 valence electrons. The number of rotatable bonds is 6. The van der Waals surface area contributed by atoms with Crippen LogP contribution in [0, 0.1) is 5.92 Å². The van der Waals surface area contributed by atoms with Crippen LogP contribution in [0.15, 0.2) is 66.7 Å². The first-order chi connectivity index (χ1) is 14.2. The van der Waals surface area contributed by atoms with E-state index < -0.39 is 0 Å². The lowest BCUT2D eigenvalue weighted by Crippen LogP contribution is -2.40. The second-order valence-electron chi connectivity index (χ2n) is 7.64. The zero-order valence-electron chi connectivity index (χ0n) is 16.8. The lowest BCUT2D eigenvalue weighted by Gasteiger charge is -2.31. The van der Waals surface area contributed by atoms with Crippen molar-refractivity contribution in [2.24, 2.45) is 13.0 Å². The fraction of sp³-hybridized carbons (Fsp3) is 0.333. The molecular formula is C24H27N3O2. The first-order valence-electron chi connectivity index (χ1n) is 10.2. The Kier molecular flexibility index (Phi) is 6.06. The summed E-state index contributed by atoms with van der Waals surface area (Å²) in [6, 6.07) is 22.1. The Labute approximate surface area is 171 Å². The number of piperidine rings is 1. The number of carbonyl (C=O) groups excluding carboxylic acids is 1. The Bertz CT molecular complexity index is 929. The lowest BCUT2D eigenvalue weighted by atomic mass is 9.97. The third-order valence-electron chi connectivity index (χ3n) is 5.54. The van der Waals surface area contributed by atoms with Gasteiger partial charge in [-0.1, -0.05) is 60.7 Å². The van der Waals surface area contributed by atoms with Gasteiger partial charge in [-0.05, 0) is 30.4 Å². The molecule has 0 bridgehead atoms. The molecule has 1 aromatic heterocycles. The highest BCUT2D eigenvalue weighted by Gasteiger charge is 2.26. The van der Waals surface area contributed by atoms with Gasteiger partial charge in [0.05, 0.1) is 12.3 Å². The topological polar surface area (TPSA) is 47.4 Å². The van der Waals surface area contributed by atoms with Crippen molar-refractivity contribution in [2.45, 2.75) is 19.4 Å². The molecule has 0 N–H and O–H groups in total. The Morgan fingerprint density at radius 2 is 1.69 bits per heavy atom. The number of nitrogens with zero attached hydrogens (tertiary/aromatic N) is 3. The fourth-order valence-corrected chi connectivity index (χ4v) is 3.80. The zero-order valence-corrected chi connectivity index (χ0v) is 16.8. The van der Waals surface area contributed by atoms with Gasteiger partial charge in [-0.3, -0.25) is 9.48 Å². The van der Waals surface area contributed by atoms with E-state index in [1.54, 1.807) is 4.68 Å².